The van der Waals surface area contributed by atoms with Gasteiger partial charge < -0.3 is 5.11 Å². The monoisotopic (exact) mass is 218 g/mol. The van der Waals surface area contributed by atoms with Gasteiger partial charge in [-0.2, -0.15) is 9.78 Å². The molecule has 1 aromatic rings. The van der Waals surface area contributed by atoms with Crippen LogP contribution in [-0.2, 0) is 0 Å². The molecule has 0 fully saturated rings. The molecule has 1 aromatic heterocycles. The second kappa shape index (κ2) is 2.65. The summed E-state index contributed by atoms with van der Waals surface area (Å²) in [5, 5.41) is 12.4. The van der Waals surface area contributed by atoms with Crippen molar-refractivity contribution in [2.24, 2.45) is 0 Å². The number of aryl methyl sites for hydroxylation is 1. The summed E-state index contributed by atoms with van der Waals surface area (Å²) in [5.74, 6) is 0. The third-order valence-electron chi connectivity index (χ3n) is 1.38. The van der Waals surface area contributed by atoms with Gasteiger partial charge >= 0.3 is 6.09 Å². The molecule has 0 radical (unpaired) electrons. The van der Waals surface area contributed by atoms with Crippen molar-refractivity contribution in [1.29, 1.82) is 0 Å². The third-order valence-corrected chi connectivity index (χ3v) is 2.53. The molecule has 5 heteroatoms. The summed E-state index contributed by atoms with van der Waals surface area (Å²) in [7, 11) is 0. The van der Waals surface area contributed by atoms with Crippen molar-refractivity contribution in [2.45, 2.75) is 13.8 Å². The van der Waals surface area contributed by atoms with E-state index in [4.69, 9.17) is 5.11 Å². The Bertz CT molecular complexity index is 306. The van der Waals surface area contributed by atoms with Gasteiger partial charge in [0.1, 0.15) is 0 Å². The number of nitrogens with zero attached hydrogens (tertiary/aromatic N) is 2. The van der Waals surface area contributed by atoms with Crippen LogP contribution < -0.4 is 0 Å². The smallest absolute Gasteiger partial charge is 0.432 e. The molecule has 60 valence electrons. The second-order valence-electron chi connectivity index (χ2n) is 2.18. The van der Waals surface area contributed by atoms with Crippen LogP contribution in [-0.4, -0.2) is 21.0 Å². The van der Waals surface area contributed by atoms with Crippen LogP contribution in [0.2, 0.25) is 0 Å². The predicted octanol–water partition coefficient (Wildman–Crippen LogP) is 1.79. The first-order valence-electron chi connectivity index (χ1n) is 2.99. The van der Waals surface area contributed by atoms with Gasteiger partial charge in [0.05, 0.1) is 15.9 Å². The van der Waals surface area contributed by atoms with Crippen LogP contribution in [0, 0.1) is 13.8 Å². The molecule has 0 atom stereocenters. The SMILES string of the molecule is Cc1nn(C(=O)O)c(C)c1Br. The van der Waals surface area contributed by atoms with Crippen LogP contribution in [0.3, 0.4) is 0 Å². The lowest BCUT2D eigenvalue weighted by atomic mass is 10.4. The van der Waals surface area contributed by atoms with E-state index in [1.54, 1.807) is 13.8 Å². The predicted molar refractivity (Wildman–Crippen MR) is 42.8 cm³/mol. The first-order valence-corrected chi connectivity index (χ1v) is 3.78. The highest BCUT2D eigenvalue weighted by atomic mass is 79.9. The Morgan fingerprint density at radius 1 is 1.64 bits per heavy atom. The van der Waals surface area contributed by atoms with Crippen molar-refractivity contribution < 1.29 is 9.90 Å². The van der Waals surface area contributed by atoms with E-state index >= 15 is 0 Å². The molecule has 0 unspecified atom stereocenters. The highest BCUT2D eigenvalue weighted by molar-refractivity contribution is 9.10. The highest BCUT2D eigenvalue weighted by Gasteiger charge is 2.12. The molecule has 0 saturated carbocycles. The van der Waals surface area contributed by atoms with Crippen LogP contribution in [0.1, 0.15) is 11.4 Å². The molecule has 0 aromatic carbocycles. The minimum atomic E-state index is -1.06. The van der Waals surface area contributed by atoms with E-state index in [0.717, 1.165) is 9.15 Å². The van der Waals surface area contributed by atoms with E-state index < -0.39 is 6.09 Å². The van der Waals surface area contributed by atoms with Crippen molar-refractivity contribution in [1.82, 2.24) is 9.78 Å². The normalized spacial score (nSPS) is 10.1. The zero-order valence-electron chi connectivity index (χ0n) is 6.13. The number of carboxylic acid groups (broad SMARTS) is 1. The Morgan fingerprint density at radius 2 is 2.18 bits per heavy atom. The molecule has 0 spiro atoms. The number of hydrogen-bond donors (Lipinski definition) is 1. The van der Waals surface area contributed by atoms with E-state index in [1.807, 2.05) is 0 Å². The average Bonchev–Trinajstić information content (AvgIpc) is 2.17. The minimum Gasteiger partial charge on any atom is -0.463 e. The van der Waals surface area contributed by atoms with Gasteiger partial charge in [0.2, 0.25) is 0 Å². The number of hydrogen-bond acceptors (Lipinski definition) is 2. The summed E-state index contributed by atoms with van der Waals surface area (Å²) in [6.07, 6.45) is -1.06. The van der Waals surface area contributed by atoms with E-state index in [0.29, 0.717) is 11.4 Å². The minimum absolute atomic E-state index is 0.606. The van der Waals surface area contributed by atoms with Crippen molar-refractivity contribution >= 4 is 22.0 Å². The molecule has 0 aliphatic heterocycles. The van der Waals surface area contributed by atoms with E-state index in [9.17, 15) is 4.79 Å². The summed E-state index contributed by atoms with van der Waals surface area (Å²) < 4.78 is 1.69. The Labute approximate surface area is 72.0 Å². The van der Waals surface area contributed by atoms with Gasteiger partial charge in [0.25, 0.3) is 0 Å². The number of aromatic nitrogens is 2. The summed E-state index contributed by atoms with van der Waals surface area (Å²) >= 11 is 3.22. The van der Waals surface area contributed by atoms with Crippen LogP contribution >= 0.6 is 15.9 Å². The maximum absolute atomic E-state index is 10.5. The highest BCUT2D eigenvalue weighted by Crippen LogP contribution is 2.19. The Kier molecular flexibility index (Phi) is 1.99. The van der Waals surface area contributed by atoms with Gasteiger partial charge in [0.15, 0.2) is 0 Å². The van der Waals surface area contributed by atoms with Crippen molar-refractivity contribution in [3.05, 3.63) is 15.9 Å². The van der Waals surface area contributed by atoms with E-state index in [2.05, 4.69) is 21.0 Å². The maximum atomic E-state index is 10.5. The molecule has 0 bridgehead atoms. The average molecular weight is 219 g/mol. The zero-order chi connectivity index (χ0) is 8.59. The van der Waals surface area contributed by atoms with Crippen LogP contribution in [0.4, 0.5) is 4.79 Å². The summed E-state index contributed by atoms with van der Waals surface area (Å²) in [6.45, 7) is 3.44. The standard InChI is InChI=1S/C6H7BrN2O2/c1-3-5(7)4(2)9(8-3)6(10)11/h1-2H3,(H,10,11). The van der Waals surface area contributed by atoms with E-state index in [1.165, 1.54) is 0 Å². The number of halogens is 1. The van der Waals surface area contributed by atoms with Gasteiger partial charge in [-0.3, -0.25) is 0 Å². The quantitative estimate of drug-likeness (QED) is 0.723. The van der Waals surface area contributed by atoms with Crippen LogP contribution in [0.5, 0.6) is 0 Å². The zero-order valence-corrected chi connectivity index (χ0v) is 7.71. The Balaban J connectivity index is 3.29. The first kappa shape index (κ1) is 8.26. The molecule has 4 nitrogen and oxygen atoms in total. The third kappa shape index (κ3) is 1.28. The van der Waals surface area contributed by atoms with Crippen molar-refractivity contribution in [2.75, 3.05) is 0 Å². The molecule has 1 rings (SSSR count). The fourth-order valence-corrected chi connectivity index (χ4v) is 1.06. The summed E-state index contributed by atoms with van der Waals surface area (Å²) in [5.41, 5.74) is 1.29. The lowest BCUT2D eigenvalue weighted by Gasteiger charge is -1.93. The lowest BCUT2D eigenvalue weighted by Crippen LogP contribution is -2.11. The maximum Gasteiger partial charge on any atom is 0.432 e. The van der Waals surface area contributed by atoms with Crippen LogP contribution in [0.25, 0.3) is 0 Å². The molecule has 1 heterocycles. The summed E-state index contributed by atoms with van der Waals surface area (Å²) in [4.78, 5) is 10.5. The number of rotatable bonds is 0. The molecule has 0 saturated heterocycles. The Morgan fingerprint density at radius 3 is 2.36 bits per heavy atom. The van der Waals surface area contributed by atoms with Gasteiger partial charge in [-0.05, 0) is 29.8 Å². The fourth-order valence-electron chi connectivity index (χ4n) is 0.810. The topological polar surface area (TPSA) is 55.1 Å². The van der Waals surface area contributed by atoms with Gasteiger partial charge in [-0.25, -0.2) is 4.79 Å². The molecule has 1 N–H and O–H groups in total. The molecule has 0 aliphatic carbocycles. The largest absolute Gasteiger partial charge is 0.463 e. The summed E-state index contributed by atoms with van der Waals surface area (Å²) in [6, 6.07) is 0. The van der Waals surface area contributed by atoms with E-state index in [-0.39, 0.29) is 0 Å². The second-order valence-corrected chi connectivity index (χ2v) is 2.97. The van der Waals surface area contributed by atoms with Gasteiger partial charge in [-0.15, -0.1) is 0 Å². The van der Waals surface area contributed by atoms with Crippen molar-refractivity contribution in [3.63, 3.8) is 0 Å². The Hall–Kier alpha value is -0.840. The first-order chi connectivity index (χ1) is 5.04. The molecular formula is C6H7BrN2O2. The van der Waals surface area contributed by atoms with Crippen LogP contribution in [0.15, 0.2) is 4.47 Å². The molecule has 0 aliphatic rings. The molecule has 0 amide bonds. The number of carbonyl (C=O) groups is 1. The van der Waals surface area contributed by atoms with Gasteiger partial charge in [-0.1, -0.05) is 0 Å². The molecular weight excluding hydrogens is 212 g/mol. The fraction of sp³-hybridized carbons (Fsp3) is 0.333. The van der Waals surface area contributed by atoms with Gasteiger partial charge in [0, 0.05) is 0 Å². The van der Waals surface area contributed by atoms with Crippen molar-refractivity contribution in [3.8, 4) is 0 Å². The lowest BCUT2D eigenvalue weighted by molar-refractivity contribution is 0.192. The molecule has 11 heavy (non-hydrogen) atoms.